The first-order chi connectivity index (χ1) is 16.2. The smallest absolute Gasteiger partial charge is 0.266 e. The summed E-state index contributed by atoms with van der Waals surface area (Å²) in [5.41, 5.74) is 3.17. The summed E-state index contributed by atoms with van der Waals surface area (Å²) in [7, 11) is 1.56. The molecule has 1 N–H and O–H groups in total. The number of carbonyl (C=O) groups is 2. The van der Waals surface area contributed by atoms with Gasteiger partial charge >= 0.3 is 0 Å². The van der Waals surface area contributed by atoms with Crippen LogP contribution in [0.3, 0.4) is 0 Å². The molecule has 0 aliphatic heterocycles. The number of nitrogens with one attached hydrogen (secondary N) is 1. The van der Waals surface area contributed by atoms with E-state index in [1.807, 2.05) is 6.07 Å². The minimum atomic E-state index is -0.568. The quantitative estimate of drug-likeness (QED) is 0.232. The third-order valence-electron chi connectivity index (χ3n) is 5.74. The van der Waals surface area contributed by atoms with Crippen LogP contribution in [0.1, 0.15) is 46.0 Å². The minimum Gasteiger partial charge on any atom is -0.497 e. The normalized spacial score (nSPS) is 12.0. The van der Waals surface area contributed by atoms with E-state index in [2.05, 4.69) is 4.98 Å². The second kappa shape index (κ2) is 9.30. The molecule has 0 saturated heterocycles. The number of rotatable bonds is 7. The molecular formula is C26H25N3O4S. The Hall–Kier alpha value is -3.65. The lowest BCUT2D eigenvalue weighted by Gasteiger charge is -2.16. The lowest BCUT2D eigenvalue weighted by Crippen LogP contribution is -2.24. The Bertz CT molecular complexity index is 1490. The monoisotopic (exact) mass is 475 g/mol. The van der Waals surface area contributed by atoms with Gasteiger partial charge in [0.1, 0.15) is 5.75 Å². The Balaban J connectivity index is 1.81. The average Bonchev–Trinajstić information content (AvgIpc) is 3.12. The SMILES string of the molecule is COc1cccc(-n2c(SC(C)C(=O)c3[nH]c(C)c(C(C)=O)c3C)nc3ccccc3c2=O)c1. The highest BCUT2D eigenvalue weighted by molar-refractivity contribution is 8.00. The zero-order valence-corrected chi connectivity index (χ0v) is 20.4. The number of ether oxygens (including phenoxy) is 1. The molecule has 1 atom stereocenters. The maximum Gasteiger partial charge on any atom is 0.266 e. The van der Waals surface area contributed by atoms with E-state index < -0.39 is 5.25 Å². The Labute approximate surface area is 201 Å². The van der Waals surface area contributed by atoms with Gasteiger partial charge in [-0.1, -0.05) is 30.0 Å². The number of nitrogens with zero attached hydrogens (tertiary/aromatic N) is 2. The molecule has 0 aliphatic carbocycles. The van der Waals surface area contributed by atoms with E-state index >= 15 is 0 Å². The summed E-state index contributed by atoms with van der Waals surface area (Å²) in [6.45, 7) is 6.81. The highest BCUT2D eigenvalue weighted by atomic mass is 32.2. The van der Waals surface area contributed by atoms with Crippen LogP contribution in [0.5, 0.6) is 5.75 Å². The number of carbonyl (C=O) groups excluding carboxylic acids is 2. The maximum atomic E-state index is 13.5. The molecule has 4 aromatic rings. The van der Waals surface area contributed by atoms with Crippen molar-refractivity contribution in [3.63, 3.8) is 0 Å². The summed E-state index contributed by atoms with van der Waals surface area (Å²) >= 11 is 1.20. The first-order valence-electron chi connectivity index (χ1n) is 10.8. The number of thioether (sulfide) groups is 1. The fourth-order valence-electron chi connectivity index (χ4n) is 4.11. The number of Topliss-reactive ketones (excluding diaryl/α,β-unsaturated/α-hetero) is 2. The standard InChI is InChI=1S/C26H25N3O4S/c1-14-22(16(3)30)15(2)27-23(14)24(31)17(4)34-26-28-21-12-7-6-11-20(21)25(32)29(26)18-9-8-10-19(13-18)33-5/h6-13,17,27H,1-5H3. The molecule has 0 fully saturated rings. The van der Waals surface area contributed by atoms with E-state index in [-0.39, 0.29) is 17.1 Å². The van der Waals surface area contributed by atoms with Crippen LogP contribution in [-0.2, 0) is 0 Å². The molecule has 8 heteroatoms. The van der Waals surface area contributed by atoms with E-state index in [1.165, 1.54) is 23.3 Å². The van der Waals surface area contributed by atoms with Crippen LogP contribution in [-0.4, -0.2) is 38.5 Å². The molecule has 174 valence electrons. The van der Waals surface area contributed by atoms with Crippen LogP contribution in [0.25, 0.3) is 16.6 Å². The number of ketones is 2. The minimum absolute atomic E-state index is 0.0892. The number of H-pyrrole nitrogens is 1. The topological polar surface area (TPSA) is 94.1 Å². The Morgan fingerprint density at radius 2 is 1.85 bits per heavy atom. The van der Waals surface area contributed by atoms with Gasteiger partial charge in [-0.25, -0.2) is 4.98 Å². The fraction of sp³-hybridized carbons (Fsp3) is 0.231. The van der Waals surface area contributed by atoms with Crippen molar-refractivity contribution < 1.29 is 14.3 Å². The summed E-state index contributed by atoms with van der Waals surface area (Å²) in [6.07, 6.45) is 0. The third-order valence-corrected chi connectivity index (χ3v) is 6.80. The number of benzene rings is 2. The van der Waals surface area contributed by atoms with Crippen molar-refractivity contribution in [1.82, 2.24) is 14.5 Å². The van der Waals surface area contributed by atoms with Crippen molar-refractivity contribution in [2.45, 2.75) is 38.1 Å². The van der Waals surface area contributed by atoms with Crippen LogP contribution in [0.4, 0.5) is 0 Å². The van der Waals surface area contributed by atoms with Crippen molar-refractivity contribution in [1.29, 1.82) is 0 Å². The molecule has 0 amide bonds. The molecule has 7 nitrogen and oxygen atoms in total. The Morgan fingerprint density at radius 1 is 1.12 bits per heavy atom. The maximum absolute atomic E-state index is 13.5. The second-order valence-corrected chi connectivity index (χ2v) is 9.37. The number of fused-ring (bicyclic) bond motifs is 1. The van der Waals surface area contributed by atoms with Gasteiger partial charge in [-0.3, -0.25) is 19.0 Å². The molecule has 0 saturated carbocycles. The van der Waals surface area contributed by atoms with Crippen LogP contribution < -0.4 is 10.3 Å². The van der Waals surface area contributed by atoms with Crippen molar-refractivity contribution in [2.24, 2.45) is 0 Å². The number of aromatic amines is 1. The van der Waals surface area contributed by atoms with Crippen molar-refractivity contribution in [2.75, 3.05) is 7.11 Å². The summed E-state index contributed by atoms with van der Waals surface area (Å²) in [4.78, 5) is 46.6. The van der Waals surface area contributed by atoms with E-state index in [9.17, 15) is 14.4 Å². The molecular weight excluding hydrogens is 450 g/mol. The summed E-state index contributed by atoms with van der Waals surface area (Å²) in [5, 5.41) is 0.308. The molecule has 2 aromatic carbocycles. The predicted molar refractivity (Wildman–Crippen MR) is 134 cm³/mol. The number of aromatic nitrogens is 3. The van der Waals surface area contributed by atoms with Crippen LogP contribution in [0, 0.1) is 13.8 Å². The van der Waals surface area contributed by atoms with Gasteiger partial charge in [0.05, 0.1) is 34.6 Å². The first kappa shape index (κ1) is 23.5. The van der Waals surface area contributed by atoms with Gasteiger partial charge in [-0.2, -0.15) is 0 Å². The molecule has 2 aromatic heterocycles. The van der Waals surface area contributed by atoms with Crippen LogP contribution in [0.2, 0.25) is 0 Å². The number of hydrogen-bond acceptors (Lipinski definition) is 6. The first-order valence-corrected chi connectivity index (χ1v) is 11.7. The van der Waals surface area contributed by atoms with E-state index in [4.69, 9.17) is 9.72 Å². The van der Waals surface area contributed by atoms with Crippen molar-refractivity contribution in [3.05, 3.63) is 81.4 Å². The van der Waals surface area contributed by atoms with Gasteiger partial charge in [0, 0.05) is 17.3 Å². The molecule has 34 heavy (non-hydrogen) atoms. The Kier molecular flexibility index (Phi) is 6.43. The number of aryl methyl sites for hydroxylation is 1. The number of para-hydroxylation sites is 1. The lowest BCUT2D eigenvalue weighted by molar-refractivity contribution is 0.0988. The zero-order valence-electron chi connectivity index (χ0n) is 19.6. The van der Waals surface area contributed by atoms with Gasteiger partial charge < -0.3 is 9.72 Å². The predicted octanol–water partition coefficient (Wildman–Crippen LogP) is 4.91. The van der Waals surface area contributed by atoms with Gasteiger partial charge in [-0.05, 0) is 57.5 Å². The molecule has 0 bridgehead atoms. The van der Waals surface area contributed by atoms with Gasteiger partial charge in [-0.15, -0.1) is 0 Å². The highest BCUT2D eigenvalue weighted by Gasteiger charge is 2.26. The van der Waals surface area contributed by atoms with Gasteiger partial charge in [0.25, 0.3) is 5.56 Å². The number of hydrogen-bond donors (Lipinski definition) is 1. The average molecular weight is 476 g/mol. The van der Waals surface area contributed by atoms with Gasteiger partial charge in [0.15, 0.2) is 16.7 Å². The molecule has 0 aliphatic rings. The van der Waals surface area contributed by atoms with Crippen LogP contribution >= 0.6 is 11.8 Å². The molecule has 4 rings (SSSR count). The largest absolute Gasteiger partial charge is 0.497 e. The van der Waals surface area contributed by atoms with Crippen molar-refractivity contribution >= 4 is 34.2 Å². The molecule has 2 heterocycles. The number of methoxy groups -OCH3 is 1. The molecule has 0 radical (unpaired) electrons. The van der Waals surface area contributed by atoms with E-state index in [0.717, 1.165) is 0 Å². The summed E-state index contributed by atoms with van der Waals surface area (Å²) < 4.78 is 6.85. The fourth-order valence-corrected chi connectivity index (χ4v) is 5.09. The van der Waals surface area contributed by atoms with Crippen molar-refractivity contribution in [3.8, 4) is 11.4 Å². The third kappa shape index (κ3) is 4.17. The van der Waals surface area contributed by atoms with Crippen LogP contribution in [0.15, 0.2) is 58.5 Å². The highest BCUT2D eigenvalue weighted by Crippen LogP contribution is 2.29. The summed E-state index contributed by atoms with van der Waals surface area (Å²) in [6, 6.07) is 14.3. The molecule has 0 spiro atoms. The Morgan fingerprint density at radius 3 is 2.53 bits per heavy atom. The second-order valence-electron chi connectivity index (χ2n) is 8.06. The van der Waals surface area contributed by atoms with E-state index in [1.54, 1.807) is 70.3 Å². The van der Waals surface area contributed by atoms with E-state index in [0.29, 0.717) is 50.0 Å². The van der Waals surface area contributed by atoms with Gasteiger partial charge in [0.2, 0.25) is 0 Å². The summed E-state index contributed by atoms with van der Waals surface area (Å²) in [5.74, 6) is 0.346. The molecule has 1 unspecified atom stereocenters. The zero-order chi connectivity index (χ0) is 24.6. The lowest BCUT2D eigenvalue weighted by atomic mass is 10.0.